The molecule has 5 rings (SSSR count). The fraction of sp³-hybridized carbons (Fsp3) is 0.476. The van der Waals surface area contributed by atoms with Gasteiger partial charge in [0.25, 0.3) is 0 Å². The number of rotatable bonds is 28. The number of aliphatic hydroxyl groups is 2. The number of aromatic carboxylic acids is 2. The van der Waals surface area contributed by atoms with Crippen LogP contribution in [0.4, 0.5) is 5.69 Å². The molecule has 2 aromatic heterocycles. The van der Waals surface area contributed by atoms with E-state index in [4.69, 9.17) is 57.6 Å². The Bertz CT molecular complexity index is 1970. The van der Waals surface area contributed by atoms with E-state index in [1.165, 1.54) is 25.3 Å². The second kappa shape index (κ2) is 29.2. The molecule has 0 radical (unpaired) electrons. The number of aliphatic hydroxyl groups excluding tert-OH is 2. The molecule has 0 spiro atoms. The summed E-state index contributed by atoms with van der Waals surface area (Å²) in [6.45, 7) is 6.12. The van der Waals surface area contributed by atoms with Crippen LogP contribution < -0.4 is 158 Å². The number of carbonyl (C=O) groups excluding carboxylic acids is 2. The summed E-state index contributed by atoms with van der Waals surface area (Å²) in [5.74, 6) is -2.76. The van der Waals surface area contributed by atoms with Crippen LogP contribution in [0.1, 0.15) is 92.3 Å². The van der Waals surface area contributed by atoms with Gasteiger partial charge in [0.15, 0.2) is 27.2 Å². The van der Waals surface area contributed by atoms with Gasteiger partial charge in [0.05, 0.1) is 40.6 Å². The first kappa shape index (κ1) is 57.4. The third kappa shape index (κ3) is 14.8. The van der Waals surface area contributed by atoms with Gasteiger partial charge in [-0.05, 0) is 58.9 Å². The minimum absolute atomic E-state index is 0. The summed E-state index contributed by atoms with van der Waals surface area (Å²) in [5, 5.41) is 43.8. The molecular weight excluding hydrogens is 1100 g/mol. The van der Waals surface area contributed by atoms with Crippen molar-refractivity contribution in [3.8, 4) is 15.5 Å². The first-order valence-electron chi connectivity index (χ1n) is 19.2. The standard InChI is InChI=1S/C42H53NO16S2.2Cs/c1-26(2)36-14-33-38(60-36)39-34(15-37(61-39)27(3)4)43(10-11-51-20-56-22-53-17-44)42(33,29-7-6-28(31(12-29)40(46)47)16-52-21-57-23-54-18-45)30-8-9-35(32(13-30)41(48)49)59-25-58-24-55-19-50-5;;/h6-9,12-15,26-27,44-45H,10-11,16-25H2,1-5H3,(H,46,47)(H,48,49);;/q;2*+1/p-2. The zero-order valence-electron chi connectivity index (χ0n) is 36.6. The van der Waals surface area contributed by atoms with Crippen LogP contribution in [0, 0.1) is 0 Å². The Morgan fingerprint density at radius 2 is 1.21 bits per heavy atom. The van der Waals surface area contributed by atoms with Crippen molar-refractivity contribution in [1.29, 1.82) is 0 Å². The van der Waals surface area contributed by atoms with E-state index < -0.39 is 31.1 Å². The number of nitrogens with zero attached hydrogens (tertiary/aromatic N) is 1. The van der Waals surface area contributed by atoms with Crippen molar-refractivity contribution in [2.75, 3.05) is 86.3 Å². The van der Waals surface area contributed by atoms with Crippen LogP contribution >= 0.6 is 22.7 Å². The summed E-state index contributed by atoms with van der Waals surface area (Å²) in [6.07, 6.45) is 0. The van der Waals surface area contributed by atoms with E-state index in [0.717, 1.165) is 30.8 Å². The second-order valence-corrected chi connectivity index (χ2v) is 16.2. The predicted molar refractivity (Wildman–Crippen MR) is 218 cm³/mol. The molecule has 2 N–H and O–H groups in total. The van der Waals surface area contributed by atoms with Gasteiger partial charge in [-0.1, -0.05) is 45.9 Å². The Morgan fingerprint density at radius 3 is 1.83 bits per heavy atom. The smallest absolute Gasteiger partial charge is 0.545 e. The number of carboxylic acids is 2. The molecule has 0 saturated heterocycles. The van der Waals surface area contributed by atoms with Crippen LogP contribution in [-0.2, 0) is 54.8 Å². The fourth-order valence-corrected chi connectivity index (χ4v) is 9.33. The van der Waals surface area contributed by atoms with Gasteiger partial charge in [0.2, 0.25) is 0 Å². The van der Waals surface area contributed by atoms with Gasteiger partial charge in [-0.25, -0.2) is 0 Å². The van der Waals surface area contributed by atoms with Gasteiger partial charge in [0, 0.05) is 40.1 Å². The number of hydrogen-bond acceptors (Lipinski definition) is 19. The largest absolute Gasteiger partial charge is 1.00 e. The first-order chi connectivity index (χ1) is 29.5. The Hall–Kier alpha value is 0.0439. The van der Waals surface area contributed by atoms with Gasteiger partial charge in [0.1, 0.15) is 45.3 Å². The molecule has 0 amide bonds. The average Bonchev–Trinajstić information content (AvgIpc) is 3.90. The summed E-state index contributed by atoms with van der Waals surface area (Å²) in [4.78, 5) is 32.2. The van der Waals surface area contributed by atoms with E-state index in [-0.39, 0.29) is 234 Å². The van der Waals surface area contributed by atoms with Crippen molar-refractivity contribution in [1.82, 2.24) is 0 Å². The molecular formula is C42H51Cs2NO16S2. The van der Waals surface area contributed by atoms with Crippen molar-refractivity contribution >= 4 is 40.3 Å². The Kier molecular flexibility index (Phi) is 26.5. The number of hydrogen-bond donors (Lipinski definition) is 2. The molecule has 3 heterocycles. The fourth-order valence-electron chi connectivity index (χ4n) is 6.80. The summed E-state index contributed by atoms with van der Waals surface area (Å²) < 4.78 is 52.8. The number of methoxy groups -OCH3 is 1. The molecule has 1 aliphatic rings. The Labute approximate surface area is 492 Å². The normalized spacial score (nSPS) is 14.3. The minimum atomic E-state index is -1.52. The Balaban J connectivity index is 0.00000528. The second-order valence-electron chi connectivity index (χ2n) is 14.1. The summed E-state index contributed by atoms with van der Waals surface area (Å²) in [5.41, 5.74) is 0.998. The quantitative estimate of drug-likeness (QED) is 0.0457. The molecule has 1 atom stereocenters. The third-order valence-electron chi connectivity index (χ3n) is 9.51. The molecule has 63 heavy (non-hydrogen) atoms. The number of anilines is 1. The predicted octanol–water partition coefficient (Wildman–Crippen LogP) is -2.17. The SMILES string of the molecule is COCOCOCOc1ccc(C2(c3ccc(COCOCOCO)c(C(=O)[O-])c3)c3cc(C(C)C)sc3-c3sc(C(C)C)cc3N2CCOCOCOCO)cc1C(=O)[O-].[Cs+].[Cs+]. The van der Waals surface area contributed by atoms with Crippen LogP contribution in [0.5, 0.6) is 5.75 Å². The summed E-state index contributed by atoms with van der Waals surface area (Å²) in [7, 11) is 1.46. The van der Waals surface area contributed by atoms with E-state index in [0.29, 0.717) is 16.7 Å². The molecule has 1 aliphatic heterocycles. The topological polar surface area (TPSA) is 216 Å². The maximum Gasteiger partial charge on any atom is 1.00 e. The third-order valence-corrected chi connectivity index (χ3v) is 12.5. The van der Waals surface area contributed by atoms with E-state index in [1.807, 2.05) is 0 Å². The first-order valence-corrected chi connectivity index (χ1v) is 20.8. The molecule has 1 unspecified atom stereocenters. The van der Waals surface area contributed by atoms with E-state index in [1.54, 1.807) is 40.9 Å². The van der Waals surface area contributed by atoms with E-state index in [2.05, 4.69) is 44.7 Å². The number of benzene rings is 2. The monoisotopic (exact) mass is 1160 g/mol. The van der Waals surface area contributed by atoms with Gasteiger partial charge in [-0.15, -0.1) is 22.7 Å². The van der Waals surface area contributed by atoms with Crippen molar-refractivity contribution in [2.45, 2.75) is 51.7 Å². The van der Waals surface area contributed by atoms with Crippen molar-refractivity contribution < 1.29 is 215 Å². The van der Waals surface area contributed by atoms with Gasteiger partial charge >= 0.3 is 138 Å². The zero-order valence-corrected chi connectivity index (χ0v) is 50.8. The average molecular weight is 1160 g/mol. The van der Waals surface area contributed by atoms with Gasteiger partial charge in [-0.3, -0.25) is 0 Å². The van der Waals surface area contributed by atoms with Crippen molar-refractivity contribution in [3.63, 3.8) is 0 Å². The molecule has 21 heteroatoms. The summed E-state index contributed by atoms with van der Waals surface area (Å²) in [6, 6.07) is 13.9. The van der Waals surface area contributed by atoms with Gasteiger partial charge < -0.3 is 82.3 Å². The van der Waals surface area contributed by atoms with Gasteiger partial charge in [-0.2, -0.15) is 0 Å². The maximum absolute atomic E-state index is 13.0. The van der Waals surface area contributed by atoms with Crippen LogP contribution in [0.3, 0.4) is 0 Å². The van der Waals surface area contributed by atoms with Crippen molar-refractivity contribution in [2.24, 2.45) is 0 Å². The Morgan fingerprint density at radius 1 is 0.667 bits per heavy atom. The van der Waals surface area contributed by atoms with Crippen LogP contribution in [0.25, 0.3) is 9.75 Å². The number of thiophene rings is 2. The molecule has 0 bridgehead atoms. The molecule has 17 nitrogen and oxygen atoms in total. The number of fused-ring (bicyclic) bond motifs is 3. The van der Waals surface area contributed by atoms with E-state index in [9.17, 15) is 19.8 Å². The minimum Gasteiger partial charge on any atom is -0.545 e. The molecule has 0 saturated carbocycles. The van der Waals surface area contributed by atoms with E-state index >= 15 is 0 Å². The summed E-state index contributed by atoms with van der Waals surface area (Å²) >= 11 is 3.29. The van der Waals surface area contributed by atoms with Crippen LogP contribution in [0.2, 0.25) is 0 Å². The molecule has 334 valence electrons. The molecule has 0 fully saturated rings. The maximum atomic E-state index is 13.0. The number of carbonyl (C=O) groups is 2. The number of carboxylic acid groups (broad SMARTS) is 2. The molecule has 4 aromatic rings. The molecule has 0 aliphatic carbocycles. The van der Waals surface area contributed by atoms with Crippen LogP contribution in [-0.4, -0.2) is 104 Å². The number of ether oxygens (including phenoxy) is 10. The van der Waals surface area contributed by atoms with Crippen LogP contribution in [0.15, 0.2) is 48.5 Å². The zero-order chi connectivity index (χ0) is 43.9. The molecule has 2 aromatic carbocycles. The van der Waals surface area contributed by atoms with Crippen molar-refractivity contribution in [3.05, 3.63) is 91.7 Å².